The van der Waals surface area contributed by atoms with E-state index < -0.39 is 23.5 Å². The highest BCUT2D eigenvalue weighted by Crippen LogP contribution is 2.44. The molecular weight excluding hydrogens is 398 g/mol. The number of nitrogens with zero attached hydrogens (tertiary/aromatic N) is 1. The molecule has 158 valence electrons. The number of carbonyl (C=O) groups excluding carboxylic acids is 2. The fourth-order valence-corrected chi connectivity index (χ4v) is 3.74. The average Bonchev–Trinajstić information content (AvgIpc) is 3.42. The van der Waals surface area contributed by atoms with Crippen molar-refractivity contribution in [3.63, 3.8) is 0 Å². The highest BCUT2D eigenvalue weighted by Gasteiger charge is 2.45. The lowest BCUT2D eigenvalue weighted by Gasteiger charge is -2.28. The second-order valence-electron chi connectivity index (χ2n) is 7.00. The quantitative estimate of drug-likeness (QED) is 0.581. The summed E-state index contributed by atoms with van der Waals surface area (Å²) in [6.07, 6.45) is 1.37. The Bertz CT molecular complexity index is 1130. The van der Waals surface area contributed by atoms with Crippen LogP contribution in [0.3, 0.4) is 0 Å². The number of Topliss-reactive ketones (excluding diaryl/α,β-unsaturated/α-hetero) is 1. The Hall–Kier alpha value is -4.00. The first-order valence-corrected chi connectivity index (χ1v) is 9.63. The van der Waals surface area contributed by atoms with Gasteiger partial charge in [-0.25, -0.2) is 0 Å². The molecule has 0 aliphatic carbocycles. The van der Waals surface area contributed by atoms with Crippen LogP contribution in [0.4, 0.5) is 0 Å². The maximum Gasteiger partial charge on any atom is 0.290 e. The van der Waals surface area contributed by atoms with Crippen LogP contribution in [0.25, 0.3) is 0 Å². The van der Waals surface area contributed by atoms with E-state index in [1.54, 1.807) is 24.3 Å². The van der Waals surface area contributed by atoms with E-state index in [0.29, 0.717) is 17.1 Å². The first-order valence-electron chi connectivity index (χ1n) is 9.63. The molecule has 1 aromatic heterocycles. The molecule has 1 aliphatic rings. The summed E-state index contributed by atoms with van der Waals surface area (Å²) in [4.78, 5) is 27.7. The number of ketones is 1. The van der Waals surface area contributed by atoms with Gasteiger partial charge >= 0.3 is 0 Å². The van der Waals surface area contributed by atoms with Crippen LogP contribution < -0.4 is 9.47 Å². The minimum absolute atomic E-state index is 0.0355. The van der Waals surface area contributed by atoms with E-state index in [4.69, 9.17) is 13.9 Å². The van der Waals surface area contributed by atoms with Crippen molar-refractivity contribution in [1.82, 2.24) is 4.90 Å². The Morgan fingerprint density at radius 3 is 2.48 bits per heavy atom. The number of benzene rings is 2. The lowest BCUT2D eigenvalue weighted by atomic mass is 9.94. The number of ether oxygens (including phenoxy) is 2. The van der Waals surface area contributed by atoms with Gasteiger partial charge in [-0.15, -0.1) is 0 Å². The van der Waals surface area contributed by atoms with Gasteiger partial charge in [-0.1, -0.05) is 30.3 Å². The van der Waals surface area contributed by atoms with E-state index in [1.807, 2.05) is 30.3 Å². The van der Waals surface area contributed by atoms with Gasteiger partial charge in [0.05, 0.1) is 32.1 Å². The van der Waals surface area contributed by atoms with Crippen molar-refractivity contribution in [3.05, 3.63) is 95.1 Å². The minimum Gasteiger partial charge on any atom is -0.503 e. The van der Waals surface area contributed by atoms with Crippen LogP contribution in [-0.4, -0.2) is 35.9 Å². The number of aliphatic hydroxyl groups is 1. The number of amides is 1. The van der Waals surface area contributed by atoms with Crippen molar-refractivity contribution in [2.24, 2.45) is 0 Å². The molecule has 3 aromatic rings. The van der Waals surface area contributed by atoms with Crippen LogP contribution in [0, 0.1) is 0 Å². The molecule has 7 nitrogen and oxygen atoms in total. The zero-order valence-electron chi connectivity index (χ0n) is 17.1. The Kier molecular flexibility index (Phi) is 5.49. The van der Waals surface area contributed by atoms with Crippen LogP contribution in [0.1, 0.15) is 27.7 Å². The van der Waals surface area contributed by atoms with Crippen LogP contribution in [0.5, 0.6) is 11.5 Å². The highest BCUT2D eigenvalue weighted by atomic mass is 16.5. The molecule has 1 aliphatic heterocycles. The third-order valence-corrected chi connectivity index (χ3v) is 5.22. The number of hydrogen-bond acceptors (Lipinski definition) is 6. The summed E-state index contributed by atoms with van der Waals surface area (Å²) in [5.74, 6) is -0.772. The Balaban J connectivity index is 1.85. The number of carbonyl (C=O) groups is 2. The lowest BCUT2D eigenvalue weighted by molar-refractivity contribution is -0.130. The van der Waals surface area contributed by atoms with Crippen LogP contribution in [0.2, 0.25) is 0 Å². The van der Waals surface area contributed by atoms with Crippen molar-refractivity contribution in [2.75, 3.05) is 14.2 Å². The standard InChI is InChI=1S/C24H21NO6/c1-29-16-10-11-17(19(13-16)30-2)21-20(22(26)18-9-6-12-31-18)23(27)24(28)25(21)14-15-7-4-3-5-8-15/h3-13,21,27H,14H2,1-2H3. The maximum atomic E-state index is 13.2. The van der Waals surface area contributed by atoms with Crippen molar-refractivity contribution in [2.45, 2.75) is 12.6 Å². The molecule has 4 rings (SSSR count). The van der Waals surface area contributed by atoms with Gasteiger partial charge in [0.1, 0.15) is 11.5 Å². The number of furan rings is 1. The predicted molar refractivity (Wildman–Crippen MR) is 112 cm³/mol. The maximum absolute atomic E-state index is 13.2. The molecule has 31 heavy (non-hydrogen) atoms. The van der Waals surface area contributed by atoms with E-state index in [0.717, 1.165) is 5.56 Å². The van der Waals surface area contributed by atoms with Gasteiger partial charge in [-0.05, 0) is 29.8 Å². The van der Waals surface area contributed by atoms with E-state index >= 15 is 0 Å². The van der Waals surface area contributed by atoms with Crippen LogP contribution >= 0.6 is 0 Å². The van der Waals surface area contributed by atoms with Crippen molar-refractivity contribution in [1.29, 1.82) is 0 Å². The lowest BCUT2D eigenvalue weighted by Crippen LogP contribution is -2.31. The van der Waals surface area contributed by atoms with Gasteiger partial charge in [0.2, 0.25) is 5.78 Å². The smallest absolute Gasteiger partial charge is 0.290 e. The normalized spacial score (nSPS) is 16.0. The monoisotopic (exact) mass is 419 g/mol. The molecule has 7 heteroatoms. The van der Waals surface area contributed by atoms with Gasteiger partial charge in [0.15, 0.2) is 11.5 Å². The average molecular weight is 419 g/mol. The molecule has 1 atom stereocenters. The van der Waals surface area contributed by atoms with Gasteiger partial charge < -0.3 is 23.9 Å². The van der Waals surface area contributed by atoms with Gasteiger partial charge in [-0.3, -0.25) is 9.59 Å². The molecule has 0 saturated carbocycles. The molecular formula is C24H21NO6. The minimum atomic E-state index is -0.869. The number of rotatable bonds is 7. The fraction of sp³-hybridized carbons (Fsp3) is 0.167. The van der Waals surface area contributed by atoms with Crippen molar-refractivity contribution >= 4 is 11.7 Å². The first-order chi connectivity index (χ1) is 15.0. The van der Waals surface area contributed by atoms with Gasteiger partial charge in [0, 0.05) is 18.2 Å². The van der Waals surface area contributed by atoms with Crippen molar-refractivity contribution in [3.8, 4) is 11.5 Å². The summed E-state index contributed by atoms with van der Waals surface area (Å²) in [5.41, 5.74) is 1.35. The Morgan fingerprint density at radius 1 is 1.06 bits per heavy atom. The topological polar surface area (TPSA) is 89.2 Å². The summed E-state index contributed by atoms with van der Waals surface area (Å²) in [6, 6.07) is 16.7. The Labute approximate surface area is 179 Å². The summed E-state index contributed by atoms with van der Waals surface area (Å²) < 4.78 is 16.0. The fourth-order valence-electron chi connectivity index (χ4n) is 3.74. The number of methoxy groups -OCH3 is 2. The molecule has 0 radical (unpaired) electrons. The molecule has 1 unspecified atom stereocenters. The molecule has 0 bridgehead atoms. The molecule has 2 aromatic carbocycles. The Morgan fingerprint density at radius 2 is 1.84 bits per heavy atom. The van der Waals surface area contributed by atoms with Crippen LogP contribution in [0.15, 0.2) is 82.7 Å². The van der Waals surface area contributed by atoms with Gasteiger partial charge in [0.25, 0.3) is 5.91 Å². The van der Waals surface area contributed by atoms with E-state index in [2.05, 4.69) is 0 Å². The third-order valence-electron chi connectivity index (χ3n) is 5.22. The SMILES string of the molecule is COc1ccc(C2C(C(=O)c3ccco3)=C(O)C(=O)N2Cc2ccccc2)c(OC)c1. The van der Waals surface area contributed by atoms with Crippen LogP contribution in [-0.2, 0) is 11.3 Å². The van der Waals surface area contributed by atoms with Crippen molar-refractivity contribution < 1.29 is 28.6 Å². The predicted octanol–water partition coefficient (Wildman–Crippen LogP) is 4.08. The third kappa shape index (κ3) is 3.66. The molecule has 2 heterocycles. The summed E-state index contributed by atoms with van der Waals surface area (Å²) in [6.45, 7) is 0.193. The van der Waals surface area contributed by atoms with Gasteiger partial charge in [-0.2, -0.15) is 0 Å². The summed E-state index contributed by atoms with van der Waals surface area (Å²) in [5, 5.41) is 10.7. The highest BCUT2D eigenvalue weighted by molar-refractivity contribution is 6.15. The number of hydrogen-bond donors (Lipinski definition) is 1. The molecule has 1 amide bonds. The second-order valence-corrected chi connectivity index (χ2v) is 7.00. The van der Waals surface area contributed by atoms with E-state index in [9.17, 15) is 14.7 Å². The number of aliphatic hydroxyl groups excluding tert-OH is 1. The summed E-state index contributed by atoms with van der Waals surface area (Å²) >= 11 is 0. The zero-order chi connectivity index (χ0) is 22.0. The molecule has 0 spiro atoms. The largest absolute Gasteiger partial charge is 0.503 e. The van der Waals surface area contributed by atoms with E-state index in [-0.39, 0.29) is 17.9 Å². The summed E-state index contributed by atoms with van der Waals surface area (Å²) in [7, 11) is 3.03. The zero-order valence-corrected chi connectivity index (χ0v) is 17.1. The molecule has 0 saturated heterocycles. The first kappa shape index (κ1) is 20.3. The molecule has 1 N–H and O–H groups in total. The van der Waals surface area contributed by atoms with E-state index in [1.165, 1.54) is 31.4 Å². The molecule has 0 fully saturated rings. The second kappa shape index (κ2) is 8.39.